The molecule has 24 heavy (non-hydrogen) atoms. The average Bonchev–Trinajstić information content (AvgIpc) is 3.11. The summed E-state index contributed by atoms with van der Waals surface area (Å²) in [5.74, 6) is -1.02. The number of carbonyl (C=O) groups is 1. The maximum Gasteiger partial charge on any atom is 0.451 e. The second-order valence-corrected chi connectivity index (χ2v) is 6.38. The molecular weight excluding hydrogens is 393 g/mol. The molecule has 0 bridgehead atoms. The topological polar surface area (TPSA) is 68.8 Å². The van der Waals surface area contributed by atoms with Gasteiger partial charge in [0.15, 0.2) is 5.82 Å². The molecule has 1 atom stereocenters. The van der Waals surface area contributed by atoms with Crippen molar-refractivity contribution in [1.29, 1.82) is 0 Å². The molecule has 0 spiro atoms. The molecule has 2 aromatic heterocycles. The van der Waals surface area contributed by atoms with Gasteiger partial charge in [0.25, 0.3) is 0 Å². The summed E-state index contributed by atoms with van der Waals surface area (Å²) in [6.07, 6.45) is -0.975. The van der Waals surface area contributed by atoms with Crippen molar-refractivity contribution in [2.45, 2.75) is 38.7 Å². The molecule has 11 heteroatoms. The van der Waals surface area contributed by atoms with E-state index in [9.17, 15) is 18.0 Å². The monoisotopic (exact) mass is 406 g/mol. The van der Waals surface area contributed by atoms with Crippen LogP contribution < -0.4 is 0 Å². The fourth-order valence-corrected chi connectivity index (χ4v) is 3.08. The minimum absolute atomic E-state index is 0.0283. The first kappa shape index (κ1) is 16.9. The maximum absolute atomic E-state index is 12.9. The SMILES string of the molecule is CC1c2nnc(C(F)(F)F)n2CCN1C(=O)CCn1cc(Br)cn1. The molecule has 1 aliphatic heterocycles. The number of halogens is 4. The minimum Gasteiger partial charge on any atom is -0.331 e. The molecule has 0 saturated carbocycles. The Morgan fingerprint density at radius 2 is 2.12 bits per heavy atom. The molecule has 0 aromatic carbocycles. The Hall–Kier alpha value is -1.91. The smallest absolute Gasteiger partial charge is 0.331 e. The Labute approximate surface area is 143 Å². The summed E-state index contributed by atoms with van der Waals surface area (Å²) in [5.41, 5.74) is 0. The van der Waals surface area contributed by atoms with Crippen LogP contribution in [-0.4, -0.2) is 41.9 Å². The lowest BCUT2D eigenvalue weighted by Gasteiger charge is -2.33. The molecule has 0 saturated heterocycles. The first-order valence-corrected chi connectivity index (χ1v) is 8.04. The van der Waals surface area contributed by atoms with Crippen LogP contribution in [0.25, 0.3) is 0 Å². The normalized spacial score (nSPS) is 17.9. The van der Waals surface area contributed by atoms with Crippen molar-refractivity contribution >= 4 is 21.8 Å². The summed E-state index contributed by atoms with van der Waals surface area (Å²) in [5, 5.41) is 10.9. The van der Waals surface area contributed by atoms with Gasteiger partial charge in [-0.15, -0.1) is 10.2 Å². The van der Waals surface area contributed by atoms with Crippen molar-refractivity contribution in [1.82, 2.24) is 29.4 Å². The fraction of sp³-hybridized carbons (Fsp3) is 0.538. The van der Waals surface area contributed by atoms with Crippen LogP contribution in [0.1, 0.15) is 31.0 Å². The number of hydrogen-bond acceptors (Lipinski definition) is 4. The summed E-state index contributed by atoms with van der Waals surface area (Å²) in [7, 11) is 0. The van der Waals surface area contributed by atoms with Crippen LogP contribution >= 0.6 is 15.9 Å². The van der Waals surface area contributed by atoms with Crippen LogP contribution in [0.2, 0.25) is 0 Å². The third-order valence-electron chi connectivity index (χ3n) is 3.92. The van der Waals surface area contributed by atoms with E-state index in [1.54, 1.807) is 24.0 Å². The van der Waals surface area contributed by atoms with Crippen molar-refractivity contribution in [3.8, 4) is 0 Å². The largest absolute Gasteiger partial charge is 0.451 e. The van der Waals surface area contributed by atoms with E-state index < -0.39 is 18.0 Å². The van der Waals surface area contributed by atoms with E-state index in [0.717, 1.165) is 9.04 Å². The molecule has 2 aromatic rings. The molecule has 1 unspecified atom stereocenters. The number of aryl methyl sites for hydroxylation is 1. The zero-order valence-electron chi connectivity index (χ0n) is 12.7. The predicted octanol–water partition coefficient (Wildman–Crippen LogP) is 2.25. The van der Waals surface area contributed by atoms with Gasteiger partial charge in [0.2, 0.25) is 11.7 Å². The summed E-state index contributed by atoms with van der Waals surface area (Å²) in [6, 6.07) is -0.556. The fourth-order valence-electron chi connectivity index (χ4n) is 2.75. The Balaban J connectivity index is 1.70. The second-order valence-electron chi connectivity index (χ2n) is 5.47. The number of hydrogen-bond donors (Lipinski definition) is 0. The van der Waals surface area contributed by atoms with E-state index in [0.29, 0.717) is 6.54 Å². The highest BCUT2D eigenvalue weighted by Gasteiger charge is 2.41. The van der Waals surface area contributed by atoms with E-state index in [1.165, 1.54) is 4.90 Å². The summed E-state index contributed by atoms with van der Waals surface area (Å²) in [4.78, 5) is 13.9. The molecule has 1 amide bonds. The Kier molecular flexibility index (Phi) is 4.37. The Morgan fingerprint density at radius 3 is 2.75 bits per heavy atom. The average molecular weight is 407 g/mol. The number of fused-ring (bicyclic) bond motifs is 1. The van der Waals surface area contributed by atoms with Gasteiger partial charge in [0.05, 0.1) is 16.7 Å². The zero-order valence-corrected chi connectivity index (χ0v) is 14.2. The standard InChI is InChI=1S/C13H14BrF3N6O/c1-8-11-19-20-12(13(15,16)17)23(11)5-4-22(8)10(24)2-3-21-7-9(14)6-18-21/h6-8H,2-5H2,1H3. The van der Waals surface area contributed by atoms with Crippen LogP contribution in [0.15, 0.2) is 16.9 Å². The highest BCUT2D eigenvalue weighted by atomic mass is 79.9. The first-order valence-electron chi connectivity index (χ1n) is 7.25. The molecule has 130 valence electrons. The van der Waals surface area contributed by atoms with Crippen LogP contribution in [-0.2, 0) is 24.1 Å². The van der Waals surface area contributed by atoms with E-state index in [-0.39, 0.29) is 31.2 Å². The molecule has 0 aliphatic carbocycles. The molecule has 0 fully saturated rings. The number of carbonyl (C=O) groups excluding carboxylic acids is 1. The summed E-state index contributed by atoms with van der Waals surface area (Å²) >= 11 is 3.27. The van der Waals surface area contributed by atoms with Crippen molar-refractivity contribution in [2.24, 2.45) is 0 Å². The second kappa shape index (κ2) is 6.19. The molecule has 1 aliphatic rings. The lowest BCUT2D eigenvalue weighted by atomic mass is 10.2. The quantitative estimate of drug-likeness (QED) is 0.783. The van der Waals surface area contributed by atoms with Crippen molar-refractivity contribution < 1.29 is 18.0 Å². The Morgan fingerprint density at radius 1 is 1.38 bits per heavy atom. The van der Waals surface area contributed by atoms with Crippen LogP contribution in [0, 0.1) is 0 Å². The number of nitrogens with zero attached hydrogens (tertiary/aromatic N) is 6. The lowest BCUT2D eigenvalue weighted by molar-refractivity contribution is -0.148. The van der Waals surface area contributed by atoms with Gasteiger partial charge in [-0.2, -0.15) is 18.3 Å². The molecule has 0 radical (unpaired) electrons. The van der Waals surface area contributed by atoms with Gasteiger partial charge in [0.1, 0.15) is 0 Å². The highest BCUT2D eigenvalue weighted by Crippen LogP contribution is 2.32. The molecular formula is C13H14BrF3N6O. The van der Waals surface area contributed by atoms with Gasteiger partial charge in [-0.25, -0.2) is 0 Å². The van der Waals surface area contributed by atoms with Gasteiger partial charge in [-0.1, -0.05) is 0 Å². The number of aromatic nitrogens is 5. The third-order valence-corrected chi connectivity index (χ3v) is 4.32. The number of alkyl halides is 3. The Bertz CT molecular complexity index is 755. The van der Waals surface area contributed by atoms with E-state index in [1.807, 2.05) is 0 Å². The minimum atomic E-state index is -4.55. The van der Waals surface area contributed by atoms with Crippen LogP contribution in [0.3, 0.4) is 0 Å². The lowest BCUT2D eigenvalue weighted by Crippen LogP contribution is -2.42. The third kappa shape index (κ3) is 3.17. The first-order chi connectivity index (χ1) is 11.3. The molecule has 3 heterocycles. The van der Waals surface area contributed by atoms with Crippen molar-refractivity contribution in [2.75, 3.05) is 6.54 Å². The molecule has 0 N–H and O–H groups in total. The van der Waals surface area contributed by atoms with Crippen LogP contribution in [0.5, 0.6) is 0 Å². The van der Waals surface area contributed by atoms with E-state index >= 15 is 0 Å². The summed E-state index contributed by atoms with van der Waals surface area (Å²) < 4.78 is 42.1. The van der Waals surface area contributed by atoms with Crippen molar-refractivity contribution in [3.63, 3.8) is 0 Å². The van der Waals surface area contributed by atoms with Gasteiger partial charge in [0, 0.05) is 32.3 Å². The van der Waals surface area contributed by atoms with E-state index in [2.05, 4.69) is 31.2 Å². The number of rotatable bonds is 3. The maximum atomic E-state index is 12.9. The van der Waals surface area contributed by atoms with Gasteiger partial charge in [-0.3, -0.25) is 9.48 Å². The van der Waals surface area contributed by atoms with Crippen molar-refractivity contribution in [3.05, 3.63) is 28.5 Å². The van der Waals surface area contributed by atoms with Crippen LogP contribution in [0.4, 0.5) is 13.2 Å². The predicted molar refractivity (Wildman–Crippen MR) is 79.7 cm³/mol. The summed E-state index contributed by atoms with van der Waals surface area (Å²) in [6.45, 7) is 2.27. The van der Waals surface area contributed by atoms with E-state index in [4.69, 9.17) is 0 Å². The number of amides is 1. The van der Waals surface area contributed by atoms with Gasteiger partial charge < -0.3 is 9.47 Å². The highest BCUT2D eigenvalue weighted by molar-refractivity contribution is 9.10. The molecule has 7 nitrogen and oxygen atoms in total. The molecule has 3 rings (SSSR count). The van der Waals surface area contributed by atoms with Gasteiger partial charge in [-0.05, 0) is 22.9 Å². The van der Waals surface area contributed by atoms with Gasteiger partial charge >= 0.3 is 6.18 Å². The zero-order chi connectivity index (χ0) is 17.5.